The highest BCUT2D eigenvalue weighted by molar-refractivity contribution is 9.10. The van der Waals surface area contributed by atoms with Crippen molar-refractivity contribution in [1.29, 1.82) is 5.26 Å². The van der Waals surface area contributed by atoms with Crippen LogP contribution in [0.25, 0.3) is 11.7 Å². The predicted octanol–water partition coefficient (Wildman–Crippen LogP) is 3.32. The van der Waals surface area contributed by atoms with Gasteiger partial charge in [0, 0.05) is 23.8 Å². The molecule has 3 aromatic rings. The van der Waals surface area contributed by atoms with Gasteiger partial charge in [-0.25, -0.2) is 0 Å². The minimum Gasteiger partial charge on any atom is -0.438 e. The Labute approximate surface area is 192 Å². The van der Waals surface area contributed by atoms with Crippen LogP contribution in [-0.4, -0.2) is 46.5 Å². The van der Waals surface area contributed by atoms with Gasteiger partial charge < -0.3 is 14.4 Å². The second-order valence-corrected chi connectivity index (χ2v) is 8.07. The van der Waals surface area contributed by atoms with Gasteiger partial charge in [0.1, 0.15) is 28.6 Å². The number of aryl methyl sites for hydroxylation is 1. The third-order valence-corrected chi connectivity index (χ3v) is 5.54. The maximum absolute atomic E-state index is 13.3. The number of fused-ring (bicyclic) bond motifs is 1. The Morgan fingerprint density at radius 3 is 2.66 bits per heavy atom. The molecule has 0 bridgehead atoms. The Morgan fingerprint density at radius 1 is 1.25 bits per heavy atom. The lowest BCUT2D eigenvalue weighted by Gasteiger charge is -2.26. The summed E-state index contributed by atoms with van der Waals surface area (Å²) >= 11 is 3.37. The molecule has 162 valence electrons. The number of hydrogen-bond acceptors (Lipinski definition) is 6. The summed E-state index contributed by atoms with van der Waals surface area (Å²) in [5.74, 6) is 0.0268. The van der Waals surface area contributed by atoms with E-state index < -0.39 is 11.5 Å². The van der Waals surface area contributed by atoms with E-state index >= 15 is 0 Å². The fraction of sp³-hybridized carbons (Fsp3) is 0.217. The van der Waals surface area contributed by atoms with E-state index in [9.17, 15) is 14.9 Å². The van der Waals surface area contributed by atoms with Gasteiger partial charge in [-0.05, 0) is 48.9 Å². The Kier molecular flexibility index (Phi) is 6.35. The van der Waals surface area contributed by atoms with Gasteiger partial charge in [0.05, 0.1) is 13.2 Å². The highest BCUT2D eigenvalue weighted by Gasteiger charge is 2.23. The molecule has 8 nitrogen and oxygen atoms in total. The molecule has 0 aliphatic carbocycles. The van der Waals surface area contributed by atoms with Crippen LogP contribution in [0, 0.1) is 18.3 Å². The molecule has 0 unspecified atom stereocenters. The Hall–Kier alpha value is -3.48. The second-order valence-electron chi connectivity index (χ2n) is 7.15. The standard InChI is InChI=1S/C23H19BrN4O4/c1-15-3-2-8-28-20(15)26-21(32-18-6-4-17(24)5-7-18)19(23(28)30)13-16(14-25)22(29)27-9-11-31-12-10-27/h2-8,13H,9-12H2,1H3. The summed E-state index contributed by atoms with van der Waals surface area (Å²) in [6.07, 6.45) is 2.85. The summed E-state index contributed by atoms with van der Waals surface area (Å²) in [6, 6.07) is 12.5. The van der Waals surface area contributed by atoms with E-state index in [0.29, 0.717) is 37.7 Å². The van der Waals surface area contributed by atoms with Crippen molar-refractivity contribution in [3.63, 3.8) is 0 Å². The van der Waals surface area contributed by atoms with E-state index in [2.05, 4.69) is 20.9 Å². The van der Waals surface area contributed by atoms with Crippen molar-refractivity contribution < 1.29 is 14.3 Å². The molecule has 9 heteroatoms. The van der Waals surface area contributed by atoms with Gasteiger partial charge in [0.25, 0.3) is 11.5 Å². The van der Waals surface area contributed by atoms with E-state index in [0.717, 1.165) is 10.0 Å². The van der Waals surface area contributed by atoms with Gasteiger partial charge in [-0.1, -0.05) is 22.0 Å². The van der Waals surface area contributed by atoms with Crippen LogP contribution in [0.4, 0.5) is 0 Å². The van der Waals surface area contributed by atoms with E-state index in [1.54, 1.807) is 36.5 Å². The van der Waals surface area contributed by atoms with Gasteiger partial charge in [0.2, 0.25) is 5.88 Å². The Morgan fingerprint density at radius 2 is 1.97 bits per heavy atom. The molecule has 0 spiro atoms. The number of ether oxygens (including phenoxy) is 2. The van der Waals surface area contributed by atoms with E-state index in [-0.39, 0.29) is 17.0 Å². The molecule has 1 amide bonds. The SMILES string of the molecule is Cc1cccn2c(=O)c(C=C(C#N)C(=O)N3CCOCC3)c(Oc3ccc(Br)cc3)nc12. The molecule has 0 radical (unpaired) electrons. The first-order chi connectivity index (χ1) is 15.5. The van der Waals surface area contributed by atoms with Crippen LogP contribution in [0.15, 0.2) is 57.4 Å². The quantitative estimate of drug-likeness (QED) is 0.407. The smallest absolute Gasteiger partial charge is 0.269 e. The molecule has 1 fully saturated rings. The lowest BCUT2D eigenvalue weighted by molar-refractivity contribution is -0.130. The highest BCUT2D eigenvalue weighted by Crippen LogP contribution is 2.26. The van der Waals surface area contributed by atoms with Crippen molar-refractivity contribution in [3.05, 3.63) is 74.1 Å². The van der Waals surface area contributed by atoms with Crippen molar-refractivity contribution in [2.75, 3.05) is 26.3 Å². The van der Waals surface area contributed by atoms with Crippen LogP contribution in [0.3, 0.4) is 0 Å². The van der Waals surface area contributed by atoms with E-state index in [4.69, 9.17) is 9.47 Å². The zero-order chi connectivity index (χ0) is 22.7. The van der Waals surface area contributed by atoms with Crippen molar-refractivity contribution in [3.8, 4) is 17.7 Å². The molecule has 0 atom stereocenters. The molecule has 4 rings (SSSR count). The number of nitrogens with zero attached hydrogens (tertiary/aromatic N) is 4. The third-order valence-electron chi connectivity index (χ3n) is 5.02. The highest BCUT2D eigenvalue weighted by atomic mass is 79.9. The summed E-state index contributed by atoms with van der Waals surface area (Å²) in [5, 5.41) is 9.68. The van der Waals surface area contributed by atoms with Crippen LogP contribution >= 0.6 is 15.9 Å². The first-order valence-electron chi connectivity index (χ1n) is 9.92. The largest absolute Gasteiger partial charge is 0.438 e. The number of pyridine rings is 1. The normalized spacial score (nSPS) is 14.3. The summed E-state index contributed by atoms with van der Waals surface area (Å²) in [4.78, 5) is 32.3. The van der Waals surface area contributed by atoms with Gasteiger partial charge in [-0.2, -0.15) is 10.2 Å². The first kappa shape index (κ1) is 21.7. The van der Waals surface area contributed by atoms with Crippen LogP contribution in [0.5, 0.6) is 11.6 Å². The molecule has 1 aliphatic rings. The minimum atomic E-state index is -0.459. The summed E-state index contributed by atoms with van der Waals surface area (Å²) in [7, 11) is 0. The average Bonchev–Trinajstić information content (AvgIpc) is 2.81. The molecule has 0 N–H and O–H groups in total. The third kappa shape index (κ3) is 4.42. The number of halogens is 1. The maximum Gasteiger partial charge on any atom is 0.269 e. The Bertz CT molecular complexity index is 1300. The van der Waals surface area contributed by atoms with E-state index in [1.807, 2.05) is 19.1 Å². The molecule has 1 saturated heterocycles. The fourth-order valence-electron chi connectivity index (χ4n) is 3.33. The molecule has 32 heavy (non-hydrogen) atoms. The summed E-state index contributed by atoms with van der Waals surface area (Å²) < 4.78 is 13.5. The number of hydrogen-bond donors (Lipinski definition) is 0. The lowest BCUT2D eigenvalue weighted by Crippen LogP contribution is -2.41. The number of aromatic nitrogens is 2. The van der Waals surface area contributed by atoms with Crippen molar-refractivity contribution in [2.45, 2.75) is 6.92 Å². The summed E-state index contributed by atoms with van der Waals surface area (Å²) in [5.41, 5.74) is 0.632. The average molecular weight is 495 g/mol. The van der Waals surface area contributed by atoms with Crippen LogP contribution < -0.4 is 10.3 Å². The first-order valence-corrected chi connectivity index (χ1v) is 10.7. The van der Waals surface area contributed by atoms with Crippen LogP contribution in [-0.2, 0) is 9.53 Å². The molecule has 1 aliphatic heterocycles. The molecule has 3 heterocycles. The van der Waals surface area contributed by atoms with Crippen LogP contribution in [0.2, 0.25) is 0 Å². The van der Waals surface area contributed by atoms with Gasteiger partial charge in [-0.15, -0.1) is 0 Å². The number of carbonyl (C=O) groups excluding carboxylic acids is 1. The second kappa shape index (κ2) is 9.34. The van der Waals surface area contributed by atoms with Gasteiger partial charge in [0.15, 0.2) is 0 Å². The Balaban J connectivity index is 1.85. The van der Waals surface area contributed by atoms with Gasteiger partial charge in [-0.3, -0.25) is 14.0 Å². The lowest BCUT2D eigenvalue weighted by atomic mass is 10.1. The number of nitriles is 1. The zero-order valence-corrected chi connectivity index (χ0v) is 18.8. The number of carbonyl (C=O) groups is 1. The van der Waals surface area contributed by atoms with Crippen molar-refractivity contribution >= 4 is 33.6 Å². The maximum atomic E-state index is 13.3. The monoisotopic (exact) mass is 494 g/mol. The van der Waals surface area contributed by atoms with Gasteiger partial charge >= 0.3 is 0 Å². The summed E-state index contributed by atoms with van der Waals surface area (Å²) in [6.45, 7) is 3.41. The molecular formula is C23H19BrN4O4. The van der Waals surface area contributed by atoms with Crippen LogP contribution in [0.1, 0.15) is 11.1 Å². The topological polar surface area (TPSA) is 96.9 Å². The molecule has 0 saturated carbocycles. The van der Waals surface area contributed by atoms with Crippen molar-refractivity contribution in [2.24, 2.45) is 0 Å². The predicted molar refractivity (Wildman–Crippen MR) is 121 cm³/mol. The minimum absolute atomic E-state index is 0.0224. The number of rotatable bonds is 4. The van der Waals surface area contributed by atoms with Crippen molar-refractivity contribution in [1.82, 2.24) is 14.3 Å². The molecule has 1 aromatic carbocycles. The van der Waals surface area contributed by atoms with E-state index in [1.165, 1.54) is 15.4 Å². The number of amides is 1. The number of morpholine rings is 1. The fourth-order valence-corrected chi connectivity index (χ4v) is 3.59. The number of benzene rings is 1. The molecular weight excluding hydrogens is 476 g/mol. The zero-order valence-electron chi connectivity index (χ0n) is 17.2. The molecule has 2 aromatic heterocycles.